The summed E-state index contributed by atoms with van der Waals surface area (Å²) in [7, 11) is -3.71. The van der Waals surface area contributed by atoms with Gasteiger partial charge in [-0.2, -0.15) is 13.5 Å². The molecule has 1 aromatic heterocycles. The van der Waals surface area contributed by atoms with Gasteiger partial charge in [0.05, 0.1) is 11.9 Å². The molecule has 2 aromatic rings. The Morgan fingerprint density at radius 2 is 2.25 bits per heavy atom. The zero-order valence-electron chi connectivity index (χ0n) is 10.3. The fourth-order valence-electron chi connectivity index (χ4n) is 1.41. The van der Waals surface area contributed by atoms with E-state index in [-0.39, 0.29) is 17.5 Å². The van der Waals surface area contributed by atoms with E-state index in [4.69, 9.17) is 15.9 Å². The number of anilines is 1. The molecule has 8 nitrogen and oxygen atoms in total. The summed E-state index contributed by atoms with van der Waals surface area (Å²) < 4.78 is 31.5. The van der Waals surface area contributed by atoms with Crippen molar-refractivity contribution >= 4 is 21.5 Å². The monoisotopic (exact) mass is 295 g/mol. The molecule has 0 aliphatic heterocycles. The van der Waals surface area contributed by atoms with E-state index in [1.807, 2.05) is 0 Å². The number of benzene rings is 1. The van der Waals surface area contributed by atoms with Crippen LogP contribution in [0.4, 0.5) is 5.69 Å². The third-order valence-corrected chi connectivity index (χ3v) is 3.56. The van der Waals surface area contributed by atoms with E-state index in [2.05, 4.69) is 14.9 Å². The van der Waals surface area contributed by atoms with Crippen LogP contribution < -0.4 is 15.2 Å². The van der Waals surface area contributed by atoms with Crippen molar-refractivity contribution in [3.8, 4) is 5.75 Å². The minimum absolute atomic E-state index is 0.0347. The zero-order chi connectivity index (χ0) is 14.6. The lowest BCUT2D eigenvalue weighted by molar-refractivity contribution is 0.374. The van der Waals surface area contributed by atoms with Crippen LogP contribution in [-0.2, 0) is 10.0 Å². The van der Waals surface area contributed by atoms with Gasteiger partial charge in [-0.1, -0.05) is 6.07 Å². The van der Waals surface area contributed by atoms with Crippen molar-refractivity contribution in [1.82, 2.24) is 10.2 Å². The molecule has 1 aromatic carbocycles. The van der Waals surface area contributed by atoms with Crippen molar-refractivity contribution in [2.45, 2.75) is 5.03 Å². The van der Waals surface area contributed by atoms with E-state index < -0.39 is 10.0 Å². The van der Waals surface area contributed by atoms with Gasteiger partial charge >= 0.3 is 0 Å². The van der Waals surface area contributed by atoms with Crippen molar-refractivity contribution in [1.29, 1.82) is 5.41 Å². The Labute approximate surface area is 115 Å². The van der Waals surface area contributed by atoms with Crippen LogP contribution in [0.5, 0.6) is 5.75 Å². The molecule has 5 N–H and O–H groups in total. The first kappa shape index (κ1) is 13.9. The van der Waals surface area contributed by atoms with Crippen molar-refractivity contribution in [2.75, 3.05) is 11.3 Å². The van der Waals surface area contributed by atoms with Crippen molar-refractivity contribution in [3.05, 3.63) is 36.5 Å². The van der Waals surface area contributed by atoms with Gasteiger partial charge in [0.1, 0.15) is 18.2 Å². The highest BCUT2D eigenvalue weighted by molar-refractivity contribution is 7.92. The minimum atomic E-state index is -3.71. The summed E-state index contributed by atoms with van der Waals surface area (Å²) in [4.78, 5) is 0. The highest BCUT2D eigenvalue weighted by Crippen LogP contribution is 2.20. The van der Waals surface area contributed by atoms with E-state index in [0.29, 0.717) is 11.4 Å². The van der Waals surface area contributed by atoms with Gasteiger partial charge in [-0.25, -0.2) is 0 Å². The summed E-state index contributed by atoms with van der Waals surface area (Å²) in [5.74, 6) is 0.290. The number of amidine groups is 1. The number of rotatable bonds is 6. The van der Waals surface area contributed by atoms with E-state index in [0.717, 1.165) is 0 Å². The maximum Gasteiger partial charge on any atom is 0.278 e. The minimum Gasteiger partial charge on any atom is -0.486 e. The van der Waals surface area contributed by atoms with Crippen LogP contribution in [0.1, 0.15) is 0 Å². The number of hydrogen-bond donors (Lipinski definition) is 4. The Morgan fingerprint density at radius 1 is 1.45 bits per heavy atom. The van der Waals surface area contributed by atoms with E-state index >= 15 is 0 Å². The fourth-order valence-corrected chi connectivity index (χ4v) is 2.37. The summed E-state index contributed by atoms with van der Waals surface area (Å²) in [6.07, 6.45) is 1.35. The number of aromatic amines is 1. The molecule has 0 fully saturated rings. The highest BCUT2D eigenvalue weighted by Gasteiger charge is 2.15. The molecule has 0 saturated carbocycles. The molecule has 20 heavy (non-hydrogen) atoms. The lowest BCUT2D eigenvalue weighted by atomic mass is 10.3. The molecule has 0 amide bonds. The number of nitrogens with one attached hydrogen (secondary N) is 3. The largest absolute Gasteiger partial charge is 0.486 e. The SMILES string of the molecule is N=C(N)COc1cccc(NS(=O)(=O)c2ccn[nH]2)c1. The average Bonchev–Trinajstić information content (AvgIpc) is 2.91. The number of H-pyrrole nitrogens is 1. The Bertz CT molecular complexity index is 697. The molecule has 0 bridgehead atoms. The maximum atomic E-state index is 12.0. The molecule has 0 spiro atoms. The van der Waals surface area contributed by atoms with Crippen molar-refractivity contribution < 1.29 is 13.2 Å². The van der Waals surface area contributed by atoms with Gasteiger partial charge in [-0.3, -0.25) is 15.2 Å². The smallest absolute Gasteiger partial charge is 0.278 e. The van der Waals surface area contributed by atoms with E-state index in [1.165, 1.54) is 18.3 Å². The molecule has 106 valence electrons. The number of nitrogens with zero attached hydrogens (tertiary/aromatic N) is 1. The molecular formula is C11H13N5O3S. The summed E-state index contributed by atoms with van der Waals surface area (Å²) >= 11 is 0. The van der Waals surface area contributed by atoms with E-state index in [1.54, 1.807) is 18.2 Å². The first-order valence-corrected chi connectivity index (χ1v) is 7.03. The number of aromatic nitrogens is 2. The van der Waals surface area contributed by atoms with Gasteiger partial charge in [0.25, 0.3) is 10.0 Å². The van der Waals surface area contributed by atoms with Crippen LogP contribution in [0.2, 0.25) is 0 Å². The predicted molar refractivity (Wildman–Crippen MR) is 73.2 cm³/mol. The van der Waals surface area contributed by atoms with Gasteiger partial charge in [-0.05, 0) is 18.2 Å². The van der Waals surface area contributed by atoms with Crippen LogP contribution in [0.3, 0.4) is 0 Å². The van der Waals surface area contributed by atoms with Gasteiger partial charge in [0, 0.05) is 6.07 Å². The molecule has 1 heterocycles. The van der Waals surface area contributed by atoms with Gasteiger partial charge < -0.3 is 10.5 Å². The second kappa shape index (κ2) is 5.61. The normalized spacial score (nSPS) is 11.0. The molecule has 0 radical (unpaired) electrons. The average molecular weight is 295 g/mol. The molecule has 0 unspecified atom stereocenters. The second-order valence-corrected chi connectivity index (χ2v) is 5.52. The Balaban J connectivity index is 2.14. The molecule has 0 saturated heterocycles. The van der Waals surface area contributed by atoms with Gasteiger partial charge in [0.15, 0.2) is 5.03 Å². The van der Waals surface area contributed by atoms with Crippen LogP contribution in [0, 0.1) is 5.41 Å². The number of nitrogens with two attached hydrogens (primary N) is 1. The topological polar surface area (TPSA) is 134 Å². The first-order chi connectivity index (χ1) is 9.47. The van der Waals surface area contributed by atoms with Crippen LogP contribution in [0.15, 0.2) is 41.6 Å². The molecule has 9 heteroatoms. The summed E-state index contributed by atoms with van der Waals surface area (Å²) in [5, 5.41) is 13.0. The van der Waals surface area contributed by atoms with Crippen LogP contribution >= 0.6 is 0 Å². The molecule has 2 rings (SSSR count). The third kappa shape index (κ3) is 3.48. The summed E-state index contributed by atoms with van der Waals surface area (Å²) in [5.41, 5.74) is 5.51. The predicted octanol–water partition coefficient (Wildman–Crippen LogP) is 0.525. The number of sulfonamides is 1. The molecular weight excluding hydrogens is 282 g/mol. The molecule has 0 aliphatic carbocycles. The van der Waals surface area contributed by atoms with Crippen molar-refractivity contribution in [3.63, 3.8) is 0 Å². The van der Waals surface area contributed by atoms with Gasteiger partial charge in [-0.15, -0.1) is 0 Å². The second-order valence-electron chi connectivity index (χ2n) is 3.87. The zero-order valence-corrected chi connectivity index (χ0v) is 11.1. The quantitative estimate of drug-likeness (QED) is 0.455. The fraction of sp³-hybridized carbons (Fsp3) is 0.0909. The highest BCUT2D eigenvalue weighted by atomic mass is 32.2. The lowest BCUT2D eigenvalue weighted by Crippen LogP contribution is -2.19. The standard InChI is InChI=1S/C11H13N5O3S/c12-10(13)7-19-9-3-1-2-8(6-9)16-20(17,18)11-4-5-14-15-11/h1-6,16H,7H2,(H3,12,13)(H,14,15). The number of ether oxygens (including phenoxy) is 1. The Hall–Kier alpha value is -2.55. The summed E-state index contributed by atoms with van der Waals surface area (Å²) in [6.45, 7) is -0.0588. The van der Waals surface area contributed by atoms with Gasteiger partial charge in [0.2, 0.25) is 0 Å². The number of hydrogen-bond acceptors (Lipinski definition) is 5. The van der Waals surface area contributed by atoms with Crippen LogP contribution in [0.25, 0.3) is 0 Å². The van der Waals surface area contributed by atoms with Crippen LogP contribution in [-0.4, -0.2) is 31.1 Å². The lowest BCUT2D eigenvalue weighted by Gasteiger charge is -2.09. The van der Waals surface area contributed by atoms with E-state index in [9.17, 15) is 8.42 Å². The molecule has 0 atom stereocenters. The Kier molecular flexibility index (Phi) is 3.89. The summed E-state index contributed by atoms with van der Waals surface area (Å²) in [6, 6.07) is 7.68. The Morgan fingerprint density at radius 3 is 2.90 bits per heavy atom. The third-order valence-electron chi connectivity index (χ3n) is 2.25. The van der Waals surface area contributed by atoms with Crippen molar-refractivity contribution in [2.24, 2.45) is 5.73 Å². The first-order valence-electron chi connectivity index (χ1n) is 5.55. The maximum absolute atomic E-state index is 12.0. The molecule has 0 aliphatic rings.